The maximum absolute atomic E-state index is 13.2. The second-order valence-electron chi connectivity index (χ2n) is 7.66. The second-order valence-corrected chi connectivity index (χ2v) is 7.66. The molecule has 1 atom stereocenters. The van der Waals surface area contributed by atoms with Crippen molar-refractivity contribution in [3.8, 4) is 0 Å². The molecule has 0 bridgehead atoms. The third-order valence-electron chi connectivity index (χ3n) is 5.19. The maximum Gasteiger partial charge on any atom is 0.323 e. The maximum atomic E-state index is 13.2. The van der Waals surface area contributed by atoms with Crippen LogP contribution in [0.5, 0.6) is 0 Å². The van der Waals surface area contributed by atoms with Gasteiger partial charge in [-0.25, -0.2) is 4.79 Å². The predicted molar refractivity (Wildman–Crippen MR) is 120 cm³/mol. The molecule has 0 saturated carbocycles. The number of nitrogens with zero attached hydrogens (tertiary/aromatic N) is 2. The molecule has 1 heterocycles. The van der Waals surface area contributed by atoms with E-state index in [9.17, 15) is 14.4 Å². The summed E-state index contributed by atoms with van der Waals surface area (Å²) in [4.78, 5) is 42.1. The molecule has 1 unspecified atom stereocenters. The van der Waals surface area contributed by atoms with Gasteiger partial charge in [0.05, 0.1) is 0 Å². The van der Waals surface area contributed by atoms with Crippen molar-refractivity contribution >= 4 is 23.5 Å². The van der Waals surface area contributed by atoms with E-state index in [1.807, 2.05) is 38.1 Å². The zero-order valence-corrected chi connectivity index (χ0v) is 17.9. The summed E-state index contributed by atoms with van der Waals surface area (Å²) in [6.07, 6.45) is -0.487. The van der Waals surface area contributed by atoms with Gasteiger partial charge < -0.3 is 21.3 Å². The van der Waals surface area contributed by atoms with Crippen LogP contribution in [0, 0.1) is 13.8 Å². The minimum Gasteiger partial charge on any atom is -0.351 e. The third kappa shape index (κ3) is 5.40. The molecule has 1 aliphatic rings. The van der Waals surface area contributed by atoms with E-state index in [1.165, 1.54) is 9.80 Å². The Kier molecular flexibility index (Phi) is 7.25. The monoisotopic (exact) mass is 423 g/mol. The molecular weight excluding hydrogens is 394 g/mol. The van der Waals surface area contributed by atoms with Gasteiger partial charge in [-0.3, -0.25) is 14.5 Å². The lowest BCUT2D eigenvalue weighted by molar-refractivity contribution is -0.132. The highest BCUT2D eigenvalue weighted by Gasteiger charge is 2.40. The molecule has 0 radical (unpaired) electrons. The Labute approximate surface area is 182 Å². The molecule has 4 amide bonds. The Bertz CT molecular complexity index is 927. The Morgan fingerprint density at radius 1 is 0.935 bits per heavy atom. The molecule has 1 saturated heterocycles. The average Bonchev–Trinajstić information content (AvgIpc) is 2.78. The number of hydrogen-bond donors (Lipinski definition) is 3. The zero-order chi connectivity index (χ0) is 22.4. The van der Waals surface area contributed by atoms with Crippen molar-refractivity contribution in [1.29, 1.82) is 0 Å². The van der Waals surface area contributed by atoms with E-state index < -0.39 is 18.1 Å². The van der Waals surface area contributed by atoms with Gasteiger partial charge in [0.2, 0.25) is 0 Å². The summed E-state index contributed by atoms with van der Waals surface area (Å²) in [5.41, 5.74) is 8.73. The zero-order valence-electron chi connectivity index (χ0n) is 17.9. The van der Waals surface area contributed by atoms with E-state index in [1.54, 1.807) is 24.3 Å². The van der Waals surface area contributed by atoms with E-state index in [0.717, 1.165) is 11.1 Å². The van der Waals surface area contributed by atoms with Crippen LogP contribution in [0.15, 0.2) is 48.5 Å². The Balaban J connectivity index is 1.86. The molecule has 164 valence electrons. The van der Waals surface area contributed by atoms with Gasteiger partial charge in [-0.1, -0.05) is 35.4 Å². The Hall–Kier alpha value is -3.39. The number of rotatable bonds is 5. The fourth-order valence-electron chi connectivity index (χ4n) is 3.51. The number of amides is 4. The van der Waals surface area contributed by atoms with Crippen LogP contribution in [0.25, 0.3) is 0 Å². The summed E-state index contributed by atoms with van der Waals surface area (Å²) in [5.74, 6) is -0.717. The van der Waals surface area contributed by atoms with Gasteiger partial charge in [-0.05, 0) is 44.5 Å². The minimum atomic E-state index is -1.06. The van der Waals surface area contributed by atoms with E-state index in [-0.39, 0.29) is 19.0 Å². The normalized spacial score (nSPS) is 16.0. The quantitative estimate of drug-likeness (QED) is 0.684. The van der Waals surface area contributed by atoms with Gasteiger partial charge in [0.1, 0.15) is 0 Å². The molecule has 8 nitrogen and oxygen atoms in total. The molecule has 1 aliphatic heterocycles. The van der Waals surface area contributed by atoms with Gasteiger partial charge >= 0.3 is 6.03 Å². The molecule has 0 spiro atoms. The van der Waals surface area contributed by atoms with Crippen molar-refractivity contribution in [2.75, 3.05) is 31.5 Å². The summed E-state index contributed by atoms with van der Waals surface area (Å²) in [5, 5.41) is 5.56. The lowest BCUT2D eigenvalue weighted by Crippen LogP contribution is -2.64. The number of anilines is 1. The van der Waals surface area contributed by atoms with Crippen molar-refractivity contribution in [3.05, 3.63) is 65.2 Å². The summed E-state index contributed by atoms with van der Waals surface area (Å²) >= 11 is 0. The molecule has 1 fully saturated rings. The van der Waals surface area contributed by atoms with E-state index in [2.05, 4.69) is 10.6 Å². The number of benzene rings is 2. The second kappa shape index (κ2) is 10.1. The molecule has 2 aromatic rings. The summed E-state index contributed by atoms with van der Waals surface area (Å²) in [7, 11) is 0. The van der Waals surface area contributed by atoms with Gasteiger partial charge in [-0.2, -0.15) is 0 Å². The first-order valence-electron chi connectivity index (χ1n) is 10.4. The third-order valence-corrected chi connectivity index (χ3v) is 5.19. The smallest absolute Gasteiger partial charge is 0.323 e. The average molecular weight is 424 g/mol. The highest BCUT2D eigenvalue weighted by molar-refractivity contribution is 6.00. The van der Waals surface area contributed by atoms with E-state index in [4.69, 9.17) is 5.73 Å². The number of aryl methyl sites for hydroxylation is 2. The van der Waals surface area contributed by atoms with Crippen molar-refractivity contribution in [1.82, 2.24) is 15.1 Å². The number of hydrogen-bond acceptors (Lipinski definition) is 4. The highest BCUT2D eigenvalue weighted by Crippen LogP contribution is 2.20. The van der Waals surface area contributed by atoms with E-state index in [0.29, 0.717) is 30.8 Å². The largest absolute Gasteiger partial charge is 0.351 e. The summed E-state index contributed by atoms with van der Waals surface area (Å²) in [6.45, 7) is 5.16. The van der Waals surface area contributed by atoms with Gasteiger partial charge in [0, 0.05) is 37.4 Å². The van der Waals surface area contributed by atoms with Crippen LogP contribution in [-0.2, 0) is 4.79 Å². The molecule has 2 aromatic carbocycles. The summed E-state index contributed by atoms with van der Waals surface area (Å²) < 4.78 is 0. The molecule has 0 aromatic heterocycles. The van der Waals surface area contributed by atoms with Crippen LogP contribution in [0.4, 0.5) is 10.5 Å². The first-order chi connectivity index (χ1) is 14.9. The molecule has 0 aliphatic carbocycles. The number of carbonyl (C=O) groups is 3. The molecular formula is C23H29N5O3. The predicted octanol–water partition coefficient (Wildman–Crippen LogP) is 2.08. The van der Waals surface area contributed by atoms with Gasteiger partial charge in [0.25, 0.3) is 11.8 Å². The van der Waals surface area contributed by atoms with Crippen molar-refractivity contribution < 1.29 is 14.4 Å². The number of nitrogens with one attached hydrogen (secondary N) is 2. The van der Waals surface area contributed by atoms with Crippen LogP contribution >= 0.6 is 0 Å². The van der Waals surface area contributed by atoms with Crippen LogP contribution < -0.4 is 16.4 Å². The van der Waals surface area contributed by atoms with Crippen LogP contribution in [0.2, 0.25) is 0 Å². The fraction of sp³-hybridized carbons (Fsp3) is 0.348. The van der Waals surface area contributed by atoms with Gasteiger partial charge in [-0.15, -0.1) is 0 Å². The lowest BCUT2D eigenvalue weighted by Gasteiger charge is -2.42. The lowest BCUT2D eigenvalue weighted by atomic mass is 10.1. The fourth-order valence-corrected chi connectivity index (χ4v) is 3.51. The standard InChI is InChI=1S/C23H29N5O3/c1-16-4-8-18(9-5-16)22(30)27-14-3-15-28(21(27)20(29)25-13-12-24)23(31)26-19-10-6-17(2)7-11-19/h4-11,21H,3,12-15,24H2,1-2H3,(H,25,29)(H,26,31). The summed E-state index contributed by atoms with van der Waals surface area (Å²) in [6, 6.07) is 14.1. The first kappa shape index (κ1) is 22.3. The van der Waals surface area contributed by atoms with E-state index >= 15 is 0 Å². The Morgan fingerprint density at radius 2 is 1.52 bits per heavy atom. The highest BCUT2D eigenvalue weighted by atomic mass is 16.2. The van der Waals surface area contributed by atoms with Crippen molar-refractivity contribution in [2.45, 2.75) is 26.4 Å². The van der Waals surface area contributed by atoms with Crippen LogP contribution in [0.3, 0.4) is 0 Å². The van der Waals surface area contributed by atoms with Crippen molar-refractivity contribution in [2.24, 2.45) is 5.73 Å². The van der Waals surface area contributed by atoms with Crippen LogP contribution in [0.1, 0.15) is 27.9 Å². The SMILES string of the molecule is Cc1ccc(NC(=O)N2CCCN(C(=O)c3ccc(C)cc3)C2C(=O)NCCN)cc1. The van der Waals surface area contributed by atoms with Crippen molar-refractivity contribution in [3.63, 3.8) is 0 Å². The molecule has 3 rings (SSSR count). The first-order valence-corrected chi connectivity index (χ1v) is 10.4. The minimum absolute atomic E-state index is 0.259. The molecule has 31 heavy (non-hydrogen) atoms. The number of nitrogens with two attached hydrogens (primary N) is 1. The topological polar surface area (TPSA) is 108 Å². The number of carbonyl (C=O) groups excluding carboxylic acids is 3. The Morgan fingerprint density at radius 3 is 2.13 bits per heavy atom. The molecule has 4 N–H and O–H groups in total. The number of urea groups is 1. The van der Waals surface area contributed by atoms with Gasteiger partial charge in [0.15, 0.2) is 6.17 Å². The van der Waals surface area contributed by atoms with Crippen LogP contribution in [-0.4, -0.2) is 60.0 Å². The molecule has 8 heteroatoms.